The van der Waals surface area contributed by atoms with E-state index in [1.165, 1.54) is 6.08 Å². The van der Waals surface area contributed by atoms with Crippen LogP contribution in [0.15, 0.2) is 12.2 Å². The first-order valence-electron chi connectivity index (χ1n) is 6.88. The van der Waals surface area contributed by atoms with Gasteiger partial charge < -0.3 is 30.6 Å². The molecule has 9 heteroatoms. The first kappa shape index (κ1) is 23.3. The van der Waals surface area contributed by atoms with Gasteiger partial charge in [0, 0.05) is 24.3 Å². The number of hydrogen-bond donors (Lipinski definition) is 6. The molecule has 23 heavy (non-hydrogen) atoms. The lowest BCUT2D eigenvalue weighted by Gasteiger charge is -2.26. The highest BCUT2D eigenvalue weighted by atomic mass is 16.4. The Labute approximate surface area is 133 Å². The first-order valence-corrected chi connectivity index (χ1v) is 6.88. The summed E-state index contributed by atoms with van der Waals surface area (Å²) in [5, 5.41) is 51.1. The third-order valence-corrected chi connectivity index (χ3v) is 2.89. The summed E-state index contributed by atoms with van der Waals surface area (Å²) in [6.45, 7) is -0.956. The van der Waals surface area contributed by atoms with Crippen molar-refractivity contribution in [3.63, 3.8) is 0 Å². The van der Waals surface area contributed by atoms with Crippen LogP contribution in [-0.4, -0.2) is 68.4 Å². The van der Waals surface area contributed by atoms with E-state index >= 15 is 0 Å². The molecule has 0 fully saturated rings. The molecule has 0 rings (SSSR count). The van der Waals surface area contributed by atoms with E-state index in [0.29, 0.717) is 12.8 Å². The van der Waals surface area contributed by atoms with Gasteiger partial charge in [0.05, 0.1) is 19.8 Å². The molecule has 0 aromatic heterocycles. The highest BCUT2D eigenvalue weighted by Gasteiger charge is 2.26. The van der Waals surface area contributed by atoms with Crippen molar-refractivity contribution >= 4 is 17.9 Å². The van der Waals surface area contributed by atoms with Crippen molar-refractivity contribution in [2.75, 3.05) is 19.8 Å². The zero-order chi connectivity index (χ0) is 18.3. The monoisotopic (exact) mass is 336 g/mol. The van der Waals surface area contributed by atoms with Crippen molar-refractivity contribution < 1.29 is 45.0 Å². The van der Waals surface area contributed by atoms with Crippen LogP contribution in [0.25, 0.3) is 0 Å². The minimum absolute atomic E-state index is 0.0632. The molecule has 0 heterocycles. The van der Waals surface area contributed by atoms with E-state index in [2.05, 4.69) is 0 Å². The fraction of sp³-hybridized carbons (Fsp3) is 0.643. The molecule has 0 aliphatic rings. The molecule has 0 saturated heterocycles. The maximum absolute atomic E-state index is 10.1. The molecule has 0 aromatic rings. The highest BCUT2D eigenvalue weighted by molar-refractivity contribution is 5.79. The fourth-order valence-corrected chi connectivity index (χ4v) is 1.35. The number of carboxylic acids is 3. The van der Waals surface area contributed by atoms with E-state index in [9.17, 15) is 14.4 Å². The van der Waals surface area contributed by atoms with E-state index in [1.54, 1.807) is 0 Å². The third kappa shape index (κ3) is 14.7. The van der Waals surface area contributed by atoms with Crippen LogP contribution in [0.2, 0.25) is 0 Å². The van der Waals surface area contributed by atoms with E-state index in [0.717, 1.165) is 6.08 Å². The number of carboxylic acid groups (broad SMARTS) is 3. The van der Waals surface area contributed by atoms with Crippen LogP contribution < -0.4 is 0 Å². The average molecular weight is 336 g/mol. The molecule has 0 aromatic carbocycles. The van der Waals surface area contributed by atoms with E-state index in [4.69, 9.17) is 30.6 Å². The lowest BCUT2D eigenvalue weighted by atomic mass is 9.86. The van der Waals surface area contributed by atoms with Gasteiger partial charge >= 0.3 is 17.9 Å². The Hall–Kier alpha value is -1.97. The van der Waals surface area contributed by atoms with Gasteiger partial charge in [-0.2, -0.15) is 0 Å². The number of carbonyl (C=O) groups is 3. The Morgan fingerprint density at radius 3 is 1.57 bits per heavy atom. The topological polar surface area (TPSA) is 173 Å². The highest BCUT2D eigenvalue weighted by Crippen LogP contribution is 2.21. The number of aliphatic carboxylic acids is 3. The van der Waals surface area contributed by atoms with Crippen LogP contribution in [0, 0.1) is 5.41 Å². The number of aliphatic hydroxyl groups is 3. The summed E-state index contributed by atoms with van der Waals surface area (Å²) in [7, 11) is 0. The maximum atomic E-state index is 10.1. The van der Waals surface area contributed by atoms with Crippen molar-refractivity contribution in [3.8, 4) is 0 Å². The summed E-state index contributed by atoms with van der Waals surface area (Å²) in [5.41, 5.74) is -0.914. The van der Waals surface area contributed by atoms with Gasteiger partial charge in [-0.1, -0.05) is 6.08 Å². The van der Waals surface area contributed by atoms with Crippen molar-refractivity contribution in [1.82, 2.24) is 0 Å². The quantitative estimate of drug-likeness (QED) is 0.277. The van der Waals surface area contributed by atoms with Crippen molar-refractivity contribution in [1.29, 1.82) is 0 Å². The molecular formula is C14H24O9. The number of aliphatic hydroxyl groups excluding tert-OH is 3. The Morgan fingerprint density at radius 2 is 1.26 bits per heavy atom. The van der Waals surface area contributed by atoms with Gasteiger partial charge in [0.15, 0.2) is 0 Å². The number of rotatable bonds is 11. The van der Waals surface area contributed by atoms with Crippen LogP contribution in [0.3, 0.4) is 0 Å². The van der Waals surface area contributed by atoms with Gasteiger partial charge in [-0.25, -0.2) is 4.79 Å². The van der Waals surface area contributed by atoms with Gasteiger partial charge in [0.1, 0.15) is 0 Å². The normalized spacial score (nSPS) is 10.9. The summed E-state index contributed by atoms with van der Waals surface area (Å²) in [6, 6.07) is 0. The molecule has 0 amide bonds. The second kappa shape index (κ2) is 13.7. The molecule has 0 atom stereocenters. The van der Waals surface area contributed by atoms with Crippen LogP contribution in [0.4, 0.5) is 0 Å². The number of allylic oxidation sites excluding steroid dienone is 1. The zero-order valence-electron chi connectivity index (χ0n) is 12.7. The van der Waals surface area contributed by atoms with Crippen molar-refractivity contribution in [3.05, 3.63) is 12.2 Å². The largest absolute Gasteiger partial charge is 0.481 e. The van der Waals surface area contributed by atoms with E-state index in [-0.39, 0.29) is 39.1 Å². The minimum atomic E-state index is -1.03. The lowest BCUT2D eigenvalue weighted by molar-refractivity contribution is -0.138. The van der Waals surface area contributed by atoms with Gasteiger partial charge in [-0.3, -0.25) is 9.59 Å². The molecule has 134 valence electrons. The van der Waals surface area contributed by atoms with Gasteiger partial charge in [0.2, 0.25) is 0 Å². The SMILES string of the molecule is O=C(O)C=CCCC(CO)(CO)CO.O=C(O)CCCC(=O)O. The maximum Gasteiger partial charge on any atom is 0.327 e. The Morgan fingerprint density at radius 1 is 0.826 bits per heavy atom. The molecule has 0 spiro atoms. The van der Waals surface area contributed by atoms with Gasteiger partial charge in [-0.15, -0.1) is 0 Å². The lowest BCUT2D eigenvalue weighted by Crippen LogP contribution is -2.33. The molecule has 9 nitrogen and oxygen atoms in total. The molecule has 0 bridgehead atoms. The molecular weight excluding hydrogens is 312 g/mol. The first-order chi connectivity index (χ1) is 10.7. The predicted octanol–water partition coefficient (Wildman–Crippen LogP) is -0.303. The molecule has 6 N–H and O–H groups in total. The standard InChI is InChI=1S/C9H16O5.C5H8O4/c10-5-9(6-11,7-12)4-2-1-3-8(13)14;6-4(7)2-1-3-5(8)9/h1,3,10-12H,2,4-7H2,(H,13,14);1-3H2,(H,6,7)(H,8,9). The third-order valence-electron chi connectivity index (χ3n) is 2.89. The summed E-state index contributed by atoms with van der Waals surface area (Å²) in [6.07, 6.45) is 3.26. The second-order valence-electron chi connectivity index (χ2n) is 4.89. The smallest absolute Gasteiger partial charge is 0.327 e. The zero-order valence-corrected chi connectivity index (χ0v) is 12.7. The van der Waals surface area contributed by atoms with E-state index < -0.39 is 23.3 Å². The van der Waals surface area contributed by atoms with Crippen LogP contribution >= 0.6 is 0 Å². The second-order valence-corrected chi connectivity index (χ2v) is 4.89. The van der Waals surface area contributed by atoms with Gasteiger partial charge in [0.25, 0.3) is 0 Å². The molecule has 0 radical (unpaired) electrons. The molecule has 0 aliphatic heterocycles. The van der Waals surface area contributed by atoms with Crippen molar-refractivity contribution in [2.45, 2.75) is 32.1 Å². The Balaban J connectivity index is 0. The van der Waals surface area contributed by atoms with Crippen LogP contribution in [0.5, 0.6) is 0 Å². The van der Waals surface area contributed by atoms with Crippen molar-refractivity contribution in [2.24, 2.45) is 5.41 Å². The summed E-state index contributed by atoms with van der Waals surface area (Å²) in [5.74, 6) is -2.93. The molecule has 0 unspecified atom stereocenters. The van der Waals surface area contributed by atoms with Crippen LogP contribution in [0.1, 0.15) is 32.1 Å². The minimum Gasteiger partial charge on any atom is -0.481 e. The summed E-state index contributed by atoms with van der Waals surface area (Å²) < 4.78 is 0. The molecule has 0 saturated carbocycles. The summed E-state index contributed by atoms with van der Waals surface area (Å²) in [4.78, 5) is 29.7. The molecule has 0 aliphatic carbocycles. The average Bonchev–Trinajstić information content (AvgIpc) is 2.48. The number of hydrogen-bond acceptors (Lipinski definition) is 6. The Kier molecular flexibility index (Phi) is 13.9. The Bertz CT molecular complexity index is 363. The van der Waals surface area contributed by atoms with E-state index in [1.807, 2.05) is 0 Å². The predicted molar refractivity (Wildman–Crippen MR) is 78.8 cm³/mol. The fourth-order valence-electron chi connectivity index (χ4n) is 1.35. The summed E-state index contributed by atoms with van der Waals surface area (Å²) >= 11 is 0. The van der Waals surface area contributed by atoms with Gasteiger partial charge in [-0.05, 0) is 19.3 Å². The van der Waals surface area contributed by atoms with Crippen LogP contribution in [-0.2, 0) is 14.4 Å².